The number of furan rings is 1. The molecule has 13 aromatic rings. The van der Waals surface area contributed by atoms with E-state index in [0.29, 0.717) is 17.5 Å². The van der Waals surface area contributed by atoms with Crippen LogP contribution in [0.25, 0.3) is 127 Å². The molecule has 0 bridgehead atoms. The lowest BCUT2D eigenvalue weighted by Gasteiger charge is -2.13. The molecule has 0 saturated carbocycles. The maximum atomic E-state index is 7.10. The van der Waals surface area contributed by atoms with Gasteiger partial charge in [0.05, 0.1) is 27.7 Å². The van der Waals surface area contributed by atoms with Gasteiger partial charge in [-0.2, -0.15) is 0 Å². The summed E-state index contributed by atoms with van der Waals surface area (Å²) >= 11 is 0. The monoisotopic (exact) mass is 790 g/mol. The highest BCUT2D eigenvalue weighted by Crippen LogP contribution is 2.45. The summed E-state index contributed by atoms with van der Waals surface area (Å²) in [7, 11) is 0. The Morgan fingerprint density at radius 1 is 0.339 bits per heavy atom. The zero-order valence-electron chi connectivity index (χ0n) is 33.3. The minimum Gasteiger partial charge on any atom is -0.455 e. The van der Waals surface area contributed by atoms with Gasteiger partial charge in [0.15, 0.2) is 17.5 Å². The van der Waals surface area contributed by atoms with E-state index < -0.39 is 0 Å². The van der Waals surface area contributed by atoms with Crippen LogP contribution in [0.1, 0.15) is 0 Å². The van der Waals surface area contributed by atoms with Gasteiger partial charge in [-0.25, -0.2) is 15.0 Å². The molecule has 62 heavy (non-hydrogen) atoms. The molecule has 0 fully saturated rings. The van der Waals surface area contributed by atoms with Crippen LogP contribution in [0.4, 0.5) is 0 Å². The fourth-order valence-electron chi connectivity index (χ4n) is 9.52. The first-order valence-corrected chi connectivity index (χ1v) is 20.9. The molecule has 288 valence electrons. The van der Waals surface area contributed by atoms with Crippen molar-refractivity contribution in [2.45, 2.75) is 0 Å². The summed E-state index contributed by atoms with van der Waals surface area (Å²) in [6, 6.07) is 72.8. The standard InChI is InChI=1S/C57H34N4O/c1-3-14-35(15-4-1)41-27-29-48-46(32-41)52-43-24-12-10-17-37(43)26-30-49(52)61(48)50-31-28-45(54-53(50)47-33-39-20-7-8-21-40(39)34-51(47)62-54)57-59-55(38-18-5-2-6-19-38)58-56(60-57)44-25-13-22-36-16-9-11-23-42(36)44/h1-34H. The lowest BCUT2D eigenvalue weighted by molar-refractivity contribution is 0.670. The molecule has 0 N–H and O–H groups in total. The normalized spacial score (nSPS) is 11.9. The predicted molar refractivity (Wildman–Crippen MR) is 256 cm³/mol. The first kappa shape index (κ1) is 34.5. The van der Waals surface area contributed by atoms with E-state index in [4.69, 9.17) is 19.4 Å². The summed E-state index contributed by atoms with van der Waals surface area (Å²) < 4.78 is 9.53. The molecule has 0 atom stereocenters. The summed E-state index contributed by atoms with van der Waals surface area (Å²) in [6.07, 6.45) is 0. The van der Waals surface area contributed by atoms with Crippen molar-refractivity contribution in [2.75, 3.05) is 0 Å². The third-order valence-electron chi connectivity index (χ3n) is 12.4. The van der Waals surface area contributed by atoms with Crippen LogP contribution in [0.5, 0.6) is 0 Å². The van der Waals surface area contributed by atoms with Crippen LogP contribution in [0, 0.1) is 0 Å². The van der Waals surface area contributed by atoms with Gasteiger partial charge < -0.3 is 8.98 Å². The molecule has 13 rings (SSSR count). The third-order valence-corrected chi connectivity index (χ3v) is 12.4. The Bertz CT molecular complexity index is 3920. The largest absolute Gasteiger partial charge is 0.455 e. The SMILES string of the molecule is c1ccc(-c2ccc3c(c2)c2c4ccccc4ccc2n3-c2ccc(-c3nc(-c4ccccc4)nc(-c4cccc5ccccc45)n3)c3oc4cc5ccccc5cc4c23)cc1. The van der Waals surface area contributed by atoms with Crippen molar-refractivity contribution >= 4 is 76.1 Å². The molecule has 0 aliphatic rings. The van der Waals surface area contributed by atoms with E-state index in [-0.39, 0.29) is 0 Å². The van der Waals surface area contributed by atoms with Crippen LogP contribution in [0.2, 0.25) is 0 Å². The number of aromatic nitrogens is 4. The average Bonchev–Trinajstić information content (AvgIpc) is 3.88. The van der Waals surface area contributed by atoms with Crippen LogP contribution in [-0.4, -0.2) is 19.5 Å². The quantitative estimate of drug-likeness (QED) is 0.174. The van der Waals surface area contributed by atoms with Crippen molar-refractivity contribution in [3.05, 3.63) is 206 Å². The predicted octanol–water partition coefficient (Wildman–Crippen LogP) is 15.0. The Morgan fingerprint density at radius 3 is 1.74 bits per heavy atom. The first-order chi connectivity index (χ1) is 30.7. The van der Waals surface area contributed by atoms with Crippen molar-refractivity contribution in [1.29, 1.82) is 0 Å². The number of hydrogen-bond acceptors (Lipinski definition) is 4. The van der Waals surface area contributed by atoms with Gasteiger partial charge >= 0.3 is 0 Å². The fourth-order valence-corrected chi connectivity index (χ4v) is 9.52. The number of nitrogens with zero attached hydrogens (tertiary/aromatic N) is 4. The highest BCUT2D eigenvalue weighted by Gasteiger charge is 2.24. The summed E-state index contributed by atoms with van der Waals surface area (Å²) in [5, 5.41) is 11.3. The van der Waals surface area contributed by atoms with Gasteiger partial charge in [0.25, 0.3) is 0 Å². The zero-order valence-corrected chi connectivity index (χ0v) is 33.3. The molecule has 0 unspecified atom stereocenters. The van der Waals surface area contributed by atoms with Crippen molar-refractivity contribution in [1.82, 2.24) is 19.5 Å². The molecule has 0 amide bonds. The number of fused-ring (bicyclic) bond motifs is 10. The van der Waals surface area contributed by atoms with Gasteiger partial charge in [0.1, 0.15) is 11.2 Å². The number of rotatable bonds is 5. The fraction of sp³-hybridized carbons (Fsp3) is 0. The van der Waals surface area contributed by atoms with Crippen molar-refractivity contribution in [3.63, 3.8) is 0 Å². The smallest absolute Gasteiger partial charge is 0.167 e. The minimum atomic E-state index is 0.544. The van der Waals surface area contributed by atoms with Gasteiger partial charge in [-0.05, 0) is 85.9 Å². The van der Waals surface area contributed by atoms with Gasteiger partial charge in [-0.3, -0.25) is 0 Å². The van der Waals surface area contributed by atoms with E-state index in [1.807, 2.05) is 30.3 Å². The molecular formula is C57H34N4O. The third kappa shape index (κ3) is 5.32. The van der Waals surface area contributed by atoms with Gasteiger partial charge in [0, 0.05) is 27.3 Å². The maximum absolute atomic E-state index is 7.10. The van der Waals surface area contributed by atoms with Crippen LogP contribution in [-0.2, 0) is 0 Å². The van der Waals surface area contributed by atoms with Crippen molar-refractivity contribution in [3.8, 4) is 51.0 Å². The molecule has 0 radical (unpaired) electrons. The van der Waals surface area contributed by atoms with Gasteiger partial charge in [-0.15, -0.1) is 0 Å². The molecule has 5 heteroatoms. The summed E-state index contributed by atoms with van der Waals surface area (Å²) in [5.41, 5.74) is 9.79. The number of hydrogen-bond donors (Lipinski definition) is 0. The highest BCUT2D eigenvalue weighted by atomic mass is 16.3. The Balaban J connectivity index is 1.14. The minimum absolute atomic E-state index is 0.544. The summed E-state index contributed by atoms with van der Waals surface area (Å²) in [4.78, 5) is 15.7. The van der Waals surface area contributed by atoms with Crippen LogP contribution >= 0.6 is 0 Å². The molecule has 0 spiro atoms. The molecular weight excluding hydrogens is 757 g/mol. The van der Waals surface area contributed by atoms with Gasteiger partial charge in [-0.1, -0.05) is 164 Å². The summed E-state index contributed by atoms with van der Waals surface area (Å²) in [6.45, 7) is 0. The molecule has 0 aliphatic carbocycles. The van der Waals surface area contributed by atoms with E-state index in [1.54, 1.807) is 0 Å². The van der Waals surface area contributed by atoms with E-state index in [2.05, 4.69) is 180 Å². The van der Waals surface area contributed by atoms with Gasteiger partial charge in [0.2, 0.25) is 0 Å². The molecule has 10 aromatic carbocycles. The van der Waals surface area contributed by atoms with E-state index in [9.17, 15) is 0 Å². The molecule has 5 nitrogen and oxygen atoms in total. The first-order valence-electron chi connectivity index (χ1n) is 20.9. The second kappa shape index (κ2) is 13.6. The number of benzene rings is 10. The molecule has 0 aliphatic heterocycles. The van der Waals surface area contributed by atoms with E-state index in [1.165, 1.54) is 32.7 Å². The van der Waals surface area contributed by atoms with Crippen molar-refractivity contribution < 1.29 is 4.42 Å². The average molecular weight is 791 g/mol. The Labute approximate surface area is 355 Å². The summed E-state index contributed by atoms with van der Waals surface area (Å²) in [5.74, 6) is 1.75. The van der Waals surface area contributed by atoms with Crippen molar-refractivity contribution in [2.24, 2.45) is 0 Å². The molecule has 3 heterocycles. The lowest BCUT2D eigenvalue weighted by atomic mass is 10.0. The Morgan fingerprint density at radius 2 is 0.952 bits per heavy atom. The molecule has 3 aromatic heterocycles. The van der Waals surface area contributed by atoms with E-state index >= 15 is 0 Å². The Hall–Kier alpha value is -8.41. The van der Waals surface area contributed by atoms with Crippen LogP contribution < -0.4 is 0 Å². The topological polar surface area (TPSA) is 56.7 Å². The Kier molecular flexibility index (Phi) is 7.54. The molecule has 0 saturated heterocycles. The highest BCUT2D eigenvalue weighted by molar-refractivity contribution is 6.24. The second-order valence-corrected chi connectivity index (χ2v) is 15.9. The maximum Gasteiger partial charge on any atom is 0.167 e. The second-order valence-electron chi connectivity index (χ2n) is 15.9. The van der Waals surface area contributed by atoms with Crippen LogP contribution in [0.3, 0.4) is 0 Å². The van der Waals surface area contributed by atoms with Crippen LogP contribution in [0.15, 0.2) is 211 Å². The zero-order chi connectivity index (χ0) is 40.7. The lowest BCUT2D eigenvalue weighted by Crippen LogP contribution is -2.01. The van der Waals surface area contributed by atoms with E-state index in [0.717, 1.165) is 76.9 Å².